The van der Waals surface area contributed by atoms with Crippen LogP contribution in [0, 0.1) is 0 Å². The molecule has 1 aliphatic rings. The third-order valence-corrected chi connectivity index (χ3v) is 5.57. The lowest BCUT2D eigenvalue weighted by Gasteiger charge is -2.28. The van der Waals surface area contributed by atoms with E-state index in [2.05, 4.69) is 26.1 Å². The largest absolute Gasteiger partial charge is 0.493 e. The van der Waals surface area contributed by atoms with Gasteiger partial charge < -0.3 is 29.8 Å². The summed E-state index contributed by atoms with van der Waals surface area (Å²) in [7, 11) is 2.71. The zero-order chi connectivity index (χ0) is 25.7. The van der Waals surface area contributed by atoms with Crippen LogP contribution in [0.25, 0.3) is 10.9 Å². The standard InChI is InChI=1S/C25H25N5O6/c1-14-22(24(32)35-3)23(29-25(33)28-14)15-8-9-19(20(10-15)34-2)36-13-21(31)30-27-12-16-11-26-18-7-5-4-6-17(16)18/h4-12,23,26H,13H2,1-3H3,(H,30,31)(H2,28,29,33). The van der Waals surface area contributed by atoms with Crippen molar-refractivity contribution in [3.05, 3.63) is 71.1 Å². The number of nitrogens with one attached hydrogen (secondary N) is 4. The van der Waals surface area contributed by atoms with Gasteiger partial charge in [-0.15, -0.1) is 0 Å². The summed E-state index contributed by atoms with van der Waals surface area (Å²) in [4.78, 5) is 39.7. The lowest BCUT2D eigenvalue weighted by molar-refractivity contribution is -0.136. The molecule has 1 atom stereocenters. The lowest BCUT2D eigenvalue weighted by atomic mass is 9.95. The highest BCUT2D eigenvalue weighted by Crippen LogP contribution is 2.34. The Kier molecular flexibility index (Phi) is 7.19. The Morgan fingerprint density at radius 3 is 2.72 bits per heavy atom. The number of ether oxygens (including phenoxy) is 3. The summed E-state index contributed by atoms with van der Waals surface area (Å²) in [6.07, 6.45) is 3.35. The average molecular weight is 492 g/mol. The molecule has 4 rings (SSSR count). The second-order valence-corrected chi connectivity index (χ2v) is 7.84. The van der Waals surface area contributed by atoms with Crippen molar-refractivity contribution in [1.82, 2.24) is 21.0 Å². The summed E-state index contributed by atoms with van der Waals surface area (Å²) < 4.78 is 15.9. The molecule has 4 N–H and O–H groups in total. The summed E-state index contributed by atoms with van der Waals surface area (Å²) >= 11 is 0. The number of aromatic amines is 1. The van der Waals surface area contributed by atoms with Crippen LogP contribution in [0.15, 0.2) is 65.0 Å². The summed E-state index contributed by atoms with van der Waals surface area (Å²) in [5.74, 6) is -0.418. The van der Waals surface area contributed by atoms with E-state index in [1.807, 2.05) is 24.3 Å². The zero-order valence-electron chi connectivity index (χ0n) is 19.9. The van der Waals surface area contributed by atoms with Crippen LogP contribution in [0.4, 0.5) is 4.79 Å². The smallest absolute Gasteiger partial charge is 0.337 e. The second kappa shape index (κ2) is 10.6. The Hall–Kier alpha value is -4.80. The Bertz CT molecular complexity index is 1380. The second-order valence-electron chi connectivity index (χ2n) is 7.84. The number of hydrogen-bond acceptors (Lipinski definition) is 7. The van der Waals surface area contributed by atoms with Gasteiger partial charge in [-0.1, -0.05) is 24.3 Å². The van der Waals surface area contributed by atoms with E-state index >= 15 is 0 Å². The van der Waals surface area contributed by atoms with Gasteiger partial charge in [-0.25, -0.2) is 15.0 Å². The maximum Gasteiger partial charge on any atom is 0.337 e. The molecule has 186 valence electrons. The van der Waals surface area contributed by atoms with E-state index < -0.39 is 23.9 Å². The number of fused-ring (bicyclic) bond motifs is 1. The molecule has 3 aromatic rings. The van der Waals surface area contributed by atoms with Gasteiger partial charge in [0, 0.05) is 28.4 Å². The Balaban J connectivity index is 1.42. The SMILES string of the molecule is COC(=O)C1=C(C)NC(=O)NC1c1ccc(OCC(=O)NN=Cc2c[nH]c3ccccc23)c(OC)c1. The minimum atomic E-state index is -0.753. The van der Waals surface area contributed by atoms with Crippen molar-refractivity contribution in [2.24, 2.45) is 5.10 Å². The van der Waals surface area contributed by atoms with Crippen molar-refractivity contribution in [3.63, 3.8) is 0 Å². The number of nitrogens with zero attached hydrogens (tertiary/aromatic N) is 1. The molecular weight excluding hydrogens is 466 g/mol. The Labute approximate surface area is 206 Å². The molecule has 1 aromatic heterocycles. The van der Waals surface area contributed by atoms with Gasteiger partial charge in [0.05, 0.1) is 32.0 Å². The average Bonchev–Trinajstić information content (AvgIpc) is 3.29. The summed E-state index contributed by atoms with van der Waals surface area (Å²) in [6, 6.07) is 11.4. The van der Waals surface area contributed by atoms with Gasteiger partial charge in [-0.05, 0) is 30.7 Å². The first-order chi connectivity index (χ1) is 17.4. The number of urea groups is 1. The molecular formula is C25H25N5O6. The molecule has 0 saturated heterocycles. The van der Waals surface area contributed by atoms with Gasteiger partial charge in [0.15, 0.2) is 18.1 Å². The number of aromatic nitrogens is 1. The highest BCUT2D eigenvalue weighted by Gasteiger charge is 2.32. The predicted molar refractivity (Wildman–Crippen MR) is 132 cm³/mol. The van der Waals surface area contributed by atoms with E-state index in [-0.39, 0.29) is 12.2 Å². The van der Waals surface area contributed by atoms with E-state index in [0.29, 0.717) is 22.8 Å². The molecule has 0 aliphatic carbocycles. The van der Waals surface area contributed by atoms with Crippen molar-refractivity contribution < 1.29 is 28.6 Å². The maximum absolute atomic E-state index is 12.3. The van der Waals surface area contributed by atoms with Gasteiger partial charge >= 0.3 is 12.0 Å². The molecule has 1 aliphatic heterocycles. The number of carbonyl (C=O) groups is 3. The molecule has 2 aromatic carbocycles. The van der Waals surface area contributed by atoms with E-state index in [0.717, 1.165) is 16.5 Å². The fourth-order valence-corrected chi connectivity index (χ4v) is 3.86. The van der Waals surface area contributed by atoms with E-state index in [1.165, 1.54) is 14.2 Å². The molecule has 1 unspecified atom stereocenters. The summed E-state index contributed by atoms with van der Waals surface area (Å²) in [5.41, 5.74) is 5.46. The van der Waals surface area contributed by atoms with E-state index in [1.54, 1.807) is 37.5 Å². The molecule has 36 heavy (non-hydrogen) atoms. The maximum atomic E-state index is 12.3. The first kappa shape index (κ1) is 24.3. The van der Waals surface area contributed by atoms with Crippen molar-refractivity contribution in [2.45, 2.75) is 13.0 Å². The van der Waals surface area contributed by atoms with Crippen LogP contribution in [-0.2, 0) is 14.3 Å². The summed E-state index contributed by atoms with van der Waals surface area (Å²) in [5, 5.41) is 10.3. The molecule has 0 bridgehead atoms. The molecule has 3 amide bonds. The van der Waals surface area contributed by atoms with Crippen LogP contribution in [-0.4, -0.2) is 49.9 Å². The van der Waals surface area contributed by atoms with E-state index in [9.17, 15) is 14.4 Å². The number of hydrazone groups is 1. The number of allylic oxidation sites excluding steroid dienone is 1. The van der Waals surface area contributed by atoms with Crippen molar-refractivity contribution in [3.8, 4) is 11.5 Å². The third-order valence-electron chi connectivity index (χ3n) is 5.57. The number of amides is 3. The highest BCUT2D eigenvalue weighted by molar-refractivity contribution is 5.99. The number of benzene rings is 2. The Morgan fingerprint density at radius 2 is 1.94 bits per heavy atom. The number of methoxy groups -OCH3 is 2. The number of H-pyrrole nitrogens is 1. The van der Waals surface area contributed by atoms with E-state index in [4.69, 9.17) is 14.2 Å². The fraction of sp³-hybridized carbons (Fsp3) is 0.200. The monoisotopic (exact) mass is 491 g/mol. The van der Waals surface area contributed by atoms with Gasteiger partial charge in [0.2, 0.25) is 0 Å². The Morgan fingerprint density at radius 1 is 1.14 bits per heavy atom. The zero-order valence-corrected chi connectivity index (χ0v) is 19.9. The fourth-order valence-electron chi connectivity index (χ4n) is 3.86. The van der Waals surface area contributed by atoms with Crippen LogP contribution >= 0.6 is 0 Å². The predicted octanol–water partition coefficient (Wildman–Crippen LogP) is 2.51. The molecule has 2 heterocycles. The number of carbonyl (C=O) groups excluding carboxylic acids is 3. The minimum Gasteiger partial charge on any atom is -0.493 e. The van der Waals surface area contributed by atoms with Gasteiger partial charge in [0.25, 0.3) is 5.91 Å². The molecule has 0 saturated carbocycles. The van der Waals surface area contributed by atoms with Crippen molar-refractivity contribution in [2.75, 3.05) is 20.8 Å². The highest BCUT2D eigenvalue weighted by atomic mass is 16.5. The molecule has 11 heteroatoms. The first-order valence-corrected chi connectivity index (χ1v) is 11.0. The van der Waals surface area contributed by atoms with Crippen molar-refractivity contribution in [1.29, 1.82) is 0 Å². The molecule has 11 nitrogen and oxygen atoms in total. The number of para-hydroxylation sites is 1. The van der Waals surface area contributed by atoms with Crippen molar-refractivity contribution >= 4 is 35.0 Å². The molecule has 0 spiro atoms. The van der Waals surface area contributed by atoms with Gasteiger partial charge in [-0.3, -0.25) is 4.79 Å². The number of esters is 1. The first-order valence-electron chi connectivity index (χ1n) is 11.0. The lowest BCUT2D eigenvalue weighted by Crippen LogP contribution is -2.45. The molecule has 0 fully saturated rings. The quantitative estimate of drug-likeness (QED) is 0.217. The summed E-state index contributed by atoms with van der Waals surface area (Å²) in [6.45, 7) is 1.31. The van der Waals surface area contributed by atoms with Crippen LogP contribution in [0.1, 0.15) is 24.1 Å². The van der Waals surface area contributed by atoms with Gasteiger partial charge in [-0.2, -0.15) is 5.10 Å². The van der Waals surface area contributed by atoms with Crippen LogP contribution in [0.5, 0.6) is 11.5 Å². The normalized spacial score (nSPS) is 15.4. The van der Waals surface area contributed by atoms with Crippen LogP contribution in [0.2, 0.25) is 0 Å². The van der Waals surface area contributed by atoms with Crippen LogP contribution in [0.3, 0.4) is 0 Å². The number of hydrogen-bond donors (Lipinski definition) is 4. The minimum absolute atomic E-state index is 0.264. The third kappa shape index (κ3) is 5.14. The topological polar surface area (TPSA) is 143 Å². The number of rotatable bonds is 8. The molecule has 0 radical (unpaired) electrons. The van der Waals surface area contributed by atoms with Gasteiger partial charge in [0.1, 0.15) is 0 Å². The van der Waals surface area contributed by atoms with Crippen LogP contribution < -0.4 is 25.5 Å².